The van der Waals surface area contributed by atoms with Gasteiger partial charge in [0.15, 0.2) is 0 Å². The van der Waals surface area contributed by atoms with Crippen molar-refractivity contribution in [3.8, 4) is 0 Å². The first kappa shape index (κ1) is 15.5. The van der Waals surface area contributed by atoms with Crippen molar-refractivity contribution < 1.29 is 15.0 Å². The molecule has 0 amide bonds. The Hall–Kier alpha value is -1.52. The molecule has 0 saturated heterocycles. The summed E-state index contributed by atoms with van der Waals surface area (Å²) in [5.74, 6) is 0. The van der Waals surface area contributed by atoms with Gasteiger partial charge < -0.3 is 14.8 Å². The molecule has 0 fully saturated rings. The van der Waals surface area contributed by atoms with Crippen LogP contribution in [-0.2, 0) is 6.54 Å². The lowest BCUT2D eigenvalue weighted by atomic mass is 10.1. The van der Waals surface area contributed by atoms with Crippen LogP contribution in [0, 0.1) is 0 Å². The summed E-state index contributed by atoms with van der Waals surface area (Å²) in [6.45, 7) is 3.39. The van der Waals surface area contributed by atoms with Gasteiger partial charge in [0.1, 0.15) is 0 Å². The molecule has 0 saturated carbocycles. The first-order valence-corrected chi connectivity index (χ1v) is 6.04. The monoisotopic (exact) mass is 242 g/mol. The maximum absolute atomic E-state index is 8.56. The van der Waals surface area contributed by atoms with Crippen molar-refractivity contribution in [2.45, 2.75) is 52.0 Å². The van der Waals surface area contributed by atoms with E-state index in [0.29, 0.717) is 0 Å². The first-order valence-electron chi connectivity index (χ1n) is 6.04. The highest BCUT2D eigenvalue weighted by Gasteiger charge is 1.91. The number of unbranched alkanes of at least 4 members (excludes halogenated alkanes) is 5. The van der Waals surface area contributed by atoms with E-state index >= 15 is 0 Å². The van der Waals surface area contributed by atoms with Crippen LogP contribution in [0.2, 0.25) is 0 Å². The van der Waals surface area contributed by atoms with Crippen molar-refractivity contribution >= 4 is 6.16 Å². The van der Waals surface area contributed by atoms with Gasteiger partial charge in [0.2, 0.25) is 0 Å². The number of aromatic nitrogens is 2. The summed E-state index contributed by atoms with van der Waals surface area (Å²) in [6.07, 6.45) is 12.1. The second kappa shape index (κ2) is 11.0. The summed E-state index contributed by atoms with van der Waals surface area (Å²) in [4.78, 5) is 12.6. The highest BCUT2D eigenvalue weighted by Crippen LogP contribution is 2.05. The molecule has 1 rings (SSSR count). The molecule has 2 N–H and O–H groups in total. The molecule has 1 aromatic heterocycles. The SMILES string of the molecule is CCCCCCCCn1ccnc1.O=C(O)O. The van der Waals surface area contributed by atoms with Gasteiger partial charge in [-0.15, -0.1) is 0 Å². The molecule has 5 heteroatoms. The summed E-state index contributed by atoms with van der Waals surface area (Å²) in [5, 5.41) is 13.9. The van der Waals surface area contributed by atoms with E-state index in [2.05, 4.69) is 16.5 Å². The molecule has 0 atom stereocenters. The maximum atomic E-state index is 8.56. The zero-order chi connectivity index (χ0) is 12.9. The quantitative estimate of drug-likeness (QED) is 0.718. The molecule has 98 valence electrons. The minimum absolute atomic E-state index is 1.13. The van der Waals surface area contributed by atoms with Crippen LogP contribution in [0.15, 0.2) is 18.7 Å². The average molecular weight is 242 g/mol. The molecule has 0 aliphatic rings. The predicted octanol–water partition coefficient (Wildman–Crippen LogP) is 3.47. The second-order valence-corrected chi connectivity index (χ2v) is 3.85. The van der Waals surface area contributed by atoms with E-state index in [1.54, 1.807) is 0 Å². The van der Waals surface area contributed by atoms with E-state index in [9.17, 15) is 0 Å². The Balaban J connectivity index is 0.000000557. The van der Waals surface area contributed by atoms with Gasteiger partial charge in [-0.25, -0.2) is 9.78 Å². The van der Waals surface area contributed by atoms with Crippen molar-refractivity contribution in [2.24, 2.45) is 0 Å². The predicted molar refractivity (Wildman–Crippen MR) is 66.3 cm³/mol. The third-order valence-corrected chi connectivity index (χ3v) is 2.33. The molecule has 0 spiro atoms. The largest absolute Gasteiger partial charge is 0.503 e. The maximum Gasteiger partial charge on any atom is 0.503 e. The molecule has 0 aliphatic heterocycles. The Morgan fingerprint density at radius 3 is 2.29 bits per heavy atom. The van der Waals surface area contributed by atoms with Crippen molar-refractivity contribution in [2.75, 3.05) is 0 Å². The Morgan fingerprint density at radius 1 is 1.18 bits per heavy atom. The molecular weight excluding hydrogens is 220 g/mol. The molecule has 1 heterocycles. The molecule has 0 bridgehead atoms. The summed E-state index contributed by atoms with van der Waals surface area (Å²) in [5.41, 5.74) is 0. The van der Waals surface area contributed by atoms with E-state index < -0.39 is 6.16 Å². The van der Waals surface area contributed by atoms with E-state index in [1.807, 2.05) is 18.7 Å². The Labute approximate surface area is 102 Å². The minimum atomic E-state index is -1.83. The average Bonchev–Trinajstić information content (AvgIpc) is 2.75. The highest BCUT2D eigenvalue weighted by atomic mass is 16.6. The Kier molecular flexibility index (Phi) is 10.00. The van der Waals surface area contributed by atoms with Crippen molar-refractivity contribution in [1.82, 2.24) is 9.55 Å². The topological polar surface area (TPSA) is 75.4 Å². The molecule has 1 aromatic rings. The summed E-state index contributed by atoms with van der Waals surface area (Å²) in [7, 11) is 0. The fourth-order valence-corrected chi connectivity index (χ4v) is 1.49. The smallest absolute Gasteiger partial charge is 0.450 e. The van der Waals surface area contributed by atoms with Gasteiger partial charge >= 0.3 is 6.16 Å². The Bertz CT molecular complexity index is 269. The zero-order valence-electron chi connectivity index (χ0n) is 10.4. The first-order chi connectivity index (χ1) is 8.16. The fourth-order valence-electron chi connectivity index (χ4n) is 1.49. The Morgan fingerprint density at radius 2 is 1.76 bits per heavy atom. The third kappa shape index (κ3) is 12.4. The molecule has 17 heavy (non-hydrogen) atoms. The number of rotatable bonds is 7. The van der Waals surface area contributed by atoms with Crippen LogP contribution in [0.4, 0.5) is 4.79 Å². The lowest BCUT2D eigenvalue weighted by molar-refractivity contribution is 0.137. The molecule has 0 unspecified atom stereocenters. The number of carbonyl (C=O) groups is 1. The van der Waals surface area contributed by atoms with Crippen molar-refractivity contribution in [1.29, 1.82) is 0 Å². The molecular formula is C12H22N2O3. The van der Waals surface area contributed by atoms with Crippen LogP contribution in [0.5, 0.6) is 0 Å². The number of hydrogen-bond acceptors (Lipinski definition) is 2. The molecule has 0 radical (unpaired) electrons. The molecule has 0 aromatic carbocycles. The van der Waals surface area contributed by atoms with Crippen molar-refractivity contribution in [3.63, 3.8) is 0 Å². The van der Waals surface area contributed by atoms with E-state index in [1.165, 1.54) is 38.5 Å². The number of imidazole rings is 1. The van der Waals surface area contributed by atoms with Gasteiger partial charge in [0.05, 0.1) is 6.33 Å². The van der Waals surface area contributed by atoms with Gasteiger partial charge in [0, 0.05) is 18.9 Å². The second-order valence-electron chi connectivity index (χ2n) is 3.85. The van der Waals surface area contributed by atoms with Crippen LogP contribution in [0.25, 0.3) is 0 Å². The number of aryl methyl sites for hydroxylation is 1. The van der Waals surface area contributed by atoms with Gasteiger partial charge in [-0.2, -0.15) is 0 Å². The van der Waals surface area contributed by atoms with Gasteiger partial charge in [0.25, 0.3) is 0 Å². The third-order valence-electron chi connectivity index (χ3n) is 2.33. The van der Waals surface area contributed by atoms with Crippen LogP contribution in [0.3, 0.4) is 0 Å². The molecule has 5 nitrogen and oxygen atoms in total. The zero-order valence-corrected chi connectivity index (χ0v) is 10.4. The van der Waals surface area contributed by atoms with Crippen molar-refractivity contribution in [3.05, 3.63) is 18.7 Å². The minimum Gasteiger partial charge on any atom is -0.450 e. The lowest BCUT2D eigenvalue weighted by Crippen LogP contribution is -1.93. The molecule has 0 aliphatic carbocycles. The van der Waals surface area contributed by atoms with Crippen LogP contribution < -0.4 is 0 Å². The number of nitrogens with zero attached hydrogens (tertiary/aromatic N) is 2. The highest BCUT2D eigenvalue weighted by molar-refractivity contribution is 5.53. The number of hydrogen-bond donors (Lipinski definition) is 2. The van der Waals surface area contributed by atoms with E-state index in [-0.39, 0.29) is 0 Å². The lowest BCUT2D eigenvalue weighted by Gasteiger charge is -2.01. The van der Waals surface area contributed by atoms with Crippen LogP contribution in [0.1, 0.15) is 45.4 Å². The standard InChI is InChI=1S/C11H20N2.CH2O3/c1-2-3-4-5-6-7-9-13-10-8-12-11-13;2-1(3)4/h8,10-11H,2-7,9H2,1H3;(H2,2,3,4). The summed E-state index contributed by atoms with van der Waals surface area (Å²) in [6, 6.07) is 0. The van der Waals surface area contributed by atoms with Gasteiger partial charge in [-0.3, -0.25) is 0 Å². The fraction of sp³-hybridized carbons (Fsp3) is 0.667. The van der Waals surface area contributed by atoms with E-state index in [0.717, 1.165) is 6.54 Å². The summed E-state index contributed by atoms with van der Waals surface area (Å²) < 4.78 is 2.15. The van der Waals surface area contributed by atoms with Crippen LogP contribution >= 0.6 is 0 Å². The van der Waals surface area contributed by atoms with Gasteiger partial charge in [-0.05, 0) is 6.42 Å². The normalized spacial score (nSPS) is 9.47. The van der Waals surface area contributed by atoms with Gasteiger partial charge in [-0.1, -0.05) is 39.0 Å². The number of carboxylic acid groups (broad SMARTS) is 2. The summed E-state index contributed by atoms with van der Waals surface area (Å²) >= 11 is 0. The van der Waals surface area contributed by atoms with E-state index in [4.69, 9.17) is 15.0 Å². The van der Waals surface area contributed by atoms with Crippen LogP contribution in [-0.4, -0.2) is 25.9 Å².